The first-order valence-electron chi connectivity index (χ1n) is 11.5. The quantitative estimate of drug-likeness (QED) is 0.271. The van der Waals surface area contributed by atoms with Gasteiger partial charge >= 0.3 is 0 Å². The van der Waals surface area contributed by atoms with Gasteiger partial charge in [0.2, 0.25) is 5.91 Å². The fourth-order valence-electron chi connectivity index (χ4n) is 3.60. The van der Waals surface area contributed by atoms with Crippen LogP contribution in [0.5, 0.6) is 23.0 Å². The highest BCUT2D eigenvalue weighted by molar-refractivity contribution is 7.99. The second-order valence-electron chi connectivity index (χ2n) is 7.85. The van der Waals surface area contributed by atoms with Crippen molar-refractivity contribution in [1.82, 2.24) is 14.8 Å². The number of anilines is 1. The van der Waals surface area contributed by atoms with E-state index in [0.717, 1.165) is 11.4 Å². The number of aromatic nitrogens is 3. The molecule has 0 spiro atoms. The average molecular weight is 521 g/mol. The third-order valence-electron chi connectivity index (χ3n) is 5.42. The lowest BCUT2D eigenvalue weighted by molar-refractivity contribution is -0.113. The zero-order valence-electron chi connectivity index (χ0n) is 21.0. The Balaban J connectivity index is 1.53. The number of thioether (sulfide) groups is 1. The second kappa shape index (κ2) is 12.2. The van der Waals surface area contributed by atoms with Gasteiger partial charge < -0.3 is 24.3 Å². The standard InChI is InChI=1S/C27H28N4O5S/c1-18(36-21-12-10-20(33-2)11-13-21)26-29-30-27(31(26)19-8-6-5-7-9-19)37-17-25(32)28-23-16-22(34-3)14-15-24(23)35-4/h5-16,18H,17H2,1-4H3,(H,28,32). The molecule has 10 heteroatoms. The molecule has 0 aliphatic rings. The normalized spacial score (nSPS) is 11.5. The minimum atomic E-state index is -0.412. The maximum atomic E-state index is 12.8. The first-order valence-corrected chi connectivity index (χ1v) is 12.5. The number of rotatable bonds is 11. The monoisotopic (exact) mass is 520 g/mol. The Morgan fingerprint density at radius 2 is 1.57 bits per heavy atom. The van der Waals surface area contributed by atoms with Gasteiger partial charge in [-0.3, -0.25) is 9.36 Å². The number of benzene rings is 3. The van der Waals surface area contributed by atoms with E-state index in [9.17, 15) is 4.79 Å². The van der Waals surface area contributed by atoms with Crippen LogP contribution >= 0.6 is 11.8 Å². The van der Waals surface area contributed by atoms with Gasteiger partial charge in [0.15, 0.2) is 17.1 Å². The molecular weight excluding hydrogens is 492 g/mol. The molecule has 1 amide bonds. The summed E-state index contributed by atoms with van der Waals surface area (Å²) in [6.07, 6.45) is -0.412. The Bertz CT molecular complexity index is 1330. The third-order valence-corrected chi connectivity index (χ3v) is 6.35. The van der Waals surface area contributed by atoms with E-state index in [-0.39, 0.29) is 11.7 Å². The highest BCUT2D eigenvalue weighted by Gasteiger charge is 2.22. The molecule has 192 valence electrons. The van der Waals surface area contributed by atoms with Crippen LogP contribution in [0.1, 0.15) is 18.9 Å². The smallest absolute Gasteiger partial charge is 0.234 e. The Hall–Kier alpha value is -4.18. The molecule has 0 radical (unpaired) electrons. The van der Waals surface area contributed by atoms with Crippen molar-refractivity contribution < 1.29 is 23.7 Å². The number of para-hydroxylation sites is 1. The average Bonchev–Trinajstić information content (AvgIpc) is 3.37. The van der Waals surface area contributed by atoms with Crippen molar-refractivity contribution in [1.29, 1.82) is 0 Å². The lowest BCUT2D eigenvalue weighted by Gasteiger charge is -2.17. The molecule has 0 aliphatic heterocycles. The van der Waals surface area contributed by atoms with Gasteiger partial charge in [0.25, 0.3) is 0 Å². The van der Waals surface area contributed by atoms with Crippen LogP contribution in [0.4, 0.5) is 5.69 Å². The predicted molar refractivity (Wildman–Crippen MR) is 142 cm³/mol. The molecule has 3 aromatic carbocycles. The molecule has 4 rings (SSSR count). The molecule has 1 aromatic heterocycles. The lowest BCUT2D eigenvalue weighted by atomic mass is 10.2. The van der Waals surface area contributed by atoms with E-state index >= 15 is 0 Å². The van der Waals surface area contributed by atoms with Gasteiger partial charge in [-0.1, -0.05) is 30.0 Å². The van der Waals surface area contributed by atoms with Gasteiger partial charge in [0, 0.05) is 11.8 Å². The first kappa shape index (κ1) is 25.9. The molecule has 9 nitrogen and oxygen atoms in total. The van der Waals surface area contributed by atoms with Gasteiger partial charge in [0.05, 0.1) is 32.8 Å². The van der Waals surface area contributed by atoms with Crippen molar-refractivity contribution in [2.75, 3.05) is 32.4 Å². The molecule has 1 unspecified atom stereocenters. The molecule has 0 aliphatic carbocycles. The van der Waals surface area contributed by atoms with E-state index in [4.69, 9.17) is 18.9 Å². The largest absolute Gasteiger partial charge is 0.497 e. The second-order valence-corrected chi connectivity index (χ2v) is 8.79. The van der Waals surface area contributed by atoms with Crippen molar-refractivity contribution in [3.8, 4) is 28.7 Å². The molecule has 4 aromatic rings. The Morgan fingerprint density at radius 1 is 0.892 bits per heavy atom. The summed E-state index contributed by atoms with van der Waals surface area (Å²) in [7, 11) is 4.73. The molecule has 0 bridgehead atoms. The summed E-state index contributed by atoms with van der Waals surface area (Å²) in [5.74, 6) is 3.08. The van der Waals surface area contributed by atoms with Crippen molar-refractivity contribution >= 4 is 23.4 Å². The van der Waals surface area contributed by atoms with Gasteiger partial charge in [-0.15, -0.1) is 10.2 Å². The van der Waals surface area contributed by atoms with E-state index in [1.165, 1.54) is 11.8 Å². The van der Waals surface area contributed by atoms with E-state index in [1.54, 1.807) is 39.5 Å². The van der Waals surface area contributed by atoms with Crippen LogP contribution in [-0.2, 0) is 4.79 Å². The Kier molecular flexibility index (Phi) is 8.52. The molecule has 0 fully saturated rings. The lowest BCUT2D eigenvalue weighted by Crippen LogP contribution is -2.16. The van der Waals surface area contributed by atoms with Crippen molar-refractivity contribution in [3.05, 3.63) is 78.6 Å². The van der Waals surface area contributed by atoms with Crippen molar-refractivity contribution in [2.24, 2.45) is 0 Å². The van der Waals surface area contributed by atoms with E-state index in [0.29, 0.717) is 33.9 Å². The molecular formula is C27H28N4O5S. The highest BCUT2D eigenvalue weighted by atomic mass is 32.2. The number of ether oxygens (including phenoxy) is 4. The molecule has 1 heterocycles. The van der Waals surface area contributed by atoms with Crippen molar-refractivity contribution in [2.45, 2.75) is 18.2 Å². The number of hydrogen-bond acceptors (Lipinski definition) is 8. The van der Waals surface area contributed by atoms with E-state index < -0.39 is 6.10 Å². The number of carbonyl (C=O) groups excluding carboxylic acids is 1. The summed E-state index contributed by atoms with van der Waals surface area (Å²) in [4.78, 5) is 12.8. The Labute approximate surface area is 219 Å². The summed E-state index contributed by atoms with van der Waals surface area (Å²) < 4.78 is 23.9. The number of methoxy groups -OCH3 is 3. The van der Waals surface area contributed by atoms with Crippen LogP contribution in [0.2, 0.25) is 0 Å². The van der Waals surface area contributed by atoms with Crippen LogP contribution in [-0.4, -0.2) is 47.8 Å². The summed E-state index contributed by atoms with van der Waals surface area (Å²) in [5, 5.41) is 12.2. The fourth-order valence-corrected chi connectivity index (χ4v) is 4.36. The third kappa shape index (κ3) is 6.34. The van der Waals surface area contributed by atoms with Crippen LogP contribution in [0, 0.1) is 0 Å². The number of carbonyl (C=O) groups is 1. The van der Waals surface area contributed by atoms with E-state index in [2.05, 4.69) is 15.5 Å². The van der Waals surface area contributed by atoms with E-state index in [1.807, 2.05) is 66.1 Å². The maximum absolute atomic E-state index is 12.8. The van der Waals surface area contributed by atoms with Crippen LogP contribution in [0.25, 0.3) is 5.69 Å². The minimum absolute atomic E-state index is 0.110. The zero-order chi connectivity index (χ0) is 26.2. The predicted octanol–water partition coefficient (Wildman–Crippen LogP) is 5.16. The number of hydrogen-bond donors (Lipinski definition) is 1. The molecule has 1 atom stereocenters. The van der Waals surface area contributed by atoms with Gasteiger partial charge in [-0.05, 0) is 55.5 Å². The molecule has 0 saturated heterocycles. The van der Waals surface area contributed by atoms with Crippen molar-refractivity contribution in [3.63, 3.8) is 0 Å². The molecule has 1 N–H and O–H groups in total. The highest BCUT2D eigenvalue weighted by Crippen LogP contribution is 2.31. The van der Waals surface area contributed by atoms with Crippen LogP contribution < -0.4 is 24.3 Å². The Morgan fingerprint density at radius 3 is 2.24 bits per heavy atom. The minimum Gasteiger partial charge on any atom is -0.497 e. The van der Waals surface area contributed by atoms with Gasteiger partial charge in [-0.25, -0.2) is 0 Å². The topological polar surface area (TPSA) is 96.7 Å². The number of nitrogens with zero attached hydrogens (tertiary/aromatic N) is 3. The molecule has 37 heavy (non-hydrogen) atoms. The van der Waals surface area contributed by atoms with Gasteiger partial charge in [-0.2, -0.15) is 0 Å². The number of amides is 1. The summed E-state index contributed by atoms with van der Waals surface area (Å²) >= 11 is 1.28. The summed E-state index contributed by atoms with van der Waals surface area (Å²) in [5.41, 5.74) is 1.39. The number of nitrogens with one attached hydrogen (secondary N) is 1. The first-order chi connectivity index (χ1) is 18.0. The van der Waals surface area contributed by atoms with Crippen LogP contribution in [0.3, 0.4) is 0 Å². The van der Waals surface area contributed by atoms with Crippen LogP contribution in [0.15, 0.2) is 78.0 Å². The van der Waals surface area contributed by atoms with Gasteiger partial charge in [0.1, 0.15) is 23.0 Å². The zero-order valence-corrected chi connectivity index (χ0v) is 21.8. The summed E-state index contributed by atoms with van der Waals surface area (Å²) in [6.45, 7) is 1.91. The fraction of sp³-hybridized carbons (Fsp3) is 0.222. The summed E-state index contributed by atoms with van der Waals surface area (Å²) in [6, 6.07) is 22.3. The molecule has 0 saturated carbocycles. The maximum Gasteiger partial charge on any atom is 0.234 e. The SMILES string of the molecule is COc1ccc(OC(C)c2nnc(SCC(=O)Nc3cc(OC)ccc3OC)n2-c2ccccc2)cc1.